The Balaban J connectivity index is 2.79. The van der Waals surface area contributed by atoms with E-state index in [1.165, 1.54) is 16.2 Å². The lowest BCUT2D eigenvalue weighted by molar-refractivity contribution is -0.130. The van der Waals surface area contributed by atoms with Gasteiger partial charge in [0.25, 0.3) is 0 Å². The maximum Gasteiger partial charge on any atom is 0.244 e. The molecule has 1 aromatic rings. The number of halogens is 1. The number of thiophene rings is 1. The predicted molar refractivity (Wildman–Crippen MR) is 57.6 cm³/mol. The van der Waals surface area contributed by atoms with E-state index < -0.39 is 6.04 Å². The second-order valence-corrected chi connectivity index (χ2v) is 5.35. The van der Waals surface area contributed by atoms with Crippen molar-refractivity contribution in [2.24, 2.45) is 5.73 Å². The Morgan fingerprint density at radius 2 is 2.23 bits per heavy atom. The van der Waals surface area contributed by atoms with E-state index in [-0.39, 0.29) is 5.91 Å². The summed E-state index contributed by atoms with van der Waals surface area (Å²) in [5.74, 6) is -0.0747. The second kappa shape index (κ2) is 4.21. The number of likely N-dealkylation sites (N-methyl/N-ethyl adjacent to an activating group) is 1. The third-order valence-electron chi connectivity index (χ3n) is 1.61. The molecule has 0 aliphatic rings. The summed E-state index contributed by atoms with van der Waals surface area (Å²) in [5, 5.41) is 0. The Labute approximate surface area is 89.7 Å². The van der Waals surface area contributed by atoms with E-state index in [0.717, 1.165) is 8.66 Å². The van der Waals surface area contributed by atoms with Crippen LogP contribution in [0.2, 0.25) is 0 Å². The Morgan fingerprint density at radius 1 is 1.62 bits per heavy atom. The van der Waals surface area contributed by atoms with E-state index >= 15 is 0 Å². The van der Waals surface area contributed by atoms with Crippen LogP contribution in [0.15, 0.2) is 15.9 Å². The summed E-state index contributed by atoms with van der Waals surface area (Å²) in [5.41, 5.74) is 5.75. The van der Waals surface area contributed by atoms with Crippen LogP contribution in [0, 0.1) is 0 Å². The van der Waals surface area contributed by atoms with Gasteiger partial charge in [0.2, 0.25) is 5.91 Å². The van der Waals surface area contributed by atoms with Crippen LogP contribution < -0.4 is 5.73 Å². The first-order valence-electron chi connectivity index (χ1n) is 3.74. The normalized spacial score (nSPS) is 12.6. The number of rotatable bonds is 2. The van der Waals surface area contributed by atoms with Crippen molar-refractivity contribution in [3.63, 3.8) is 0 Å². The molecule has 1 rings (SSSR count). The highest BCUT2D eigenvalue weighted by atomic mass is 79.9. The lowest BCUT2D eigenvalue weighted by Gasteiger charge is -2.15. The molecule has 1 unspecified atom stereocenters. The van der Waals surface area contributed by atoms with E-state index in [2.05, 4.69) is 15.9 Å². The van der Waals surface area contributed by atoms with Gasteiger partial charge in [0.05, 0.1) is 3.79 Å². The molecule has 5 heteroatoms. The number of carbonyl (C=O) groups is 1. The van der Waals surface area contributed by atoms with E-state index in [1.54, 1.807) is 14.1 Å². The second-order valence-electron chi connectivity index (χ2n) is 2.85. The van der Waals surface area contributed by atoms with Crippen molar-refractivity contribution >= 4 is 33.2 Å². The molecule has 0 fully saturated rings. The minimum Gasteiger partial charge on any atom is -0.347 e. The first kappa shape index (κ1) is 10.7. The van der Waals surface area contributed by atoms with Gasteiger partial charge in [-0.05, 0) is 28.1 Å². The van der Waals surface area contributed by atoms with Crippen molar-refractivity contribution < 1.29 is 4.79 Å². The molecule has 0 aliphatic heterocycles. The topological polar surface area (TPSA) is 46.3 Å². The number of amides is 1. The van der Waals surface area contributed by atoms with Gasteiger partial charge in [-0.1, -0.05) is 0 Å². The predicted octanol–water partition coefficient (Wildman–Crippen LogP) is 1.60. The molecular weight excluding hydrogens is 252 g/mol. The molecule has 0 radical (unpaired) electrons. The Hall–Kier alpha value is -0.390. The van der Waals surface area contributed by atoms with Crippen LogP contribution in [0.1, 0.15) is 10.9 Å². The van der Waals surface area contributed by atoms with Gasteiger partial charge in [-0.25, -0.2) is 0 Å². The first-order chi connectivity index (χ1) is 6.02. The molecule has 0 aromatic carbocycles. The van der Waals surface area contributed by atoms with Crippen LogP contribution in [-0.2, 0) is 4.79 Å². The summed E-state index contributed by atoms with van der Waals surface area (Å²) >= 11 is 4.81. The standard InChI is InChI=1S/C8H11BrN2OS/c1-11(2)8(12)7(10)5-3-4-6(9)13-5/h3-4,7H,10H2,1-2H3. The van der Waals surface area contributed by atoms with Gasteiger partial charge in [-0.15, -0.1) is 11.3 Å². The van der Waals surface area contributed by atoms with Gasteiger partial charge in [-0.2, -0.15) is 0 Å². The monoisotopic (exact) mass is 262 g/mol. The molecule has 0 bridgehead atoms. The van der Waals surface area contributed by atoms with Crippen LogP contribution in [-0.4, -0.2) is 24.9 Å². The van der Waals surface area contributed by atoms with E-state index in [4.69, 9.17) is 5.73 Å². The molecule has 1 atom stereocenters. The average molecular weight is 263 g/mol. The lowest BCUT2D eigenvalue weighted by atomic mass is 10.2. The molecule has 13 heavy (non-hydrogen) atoms. The number of carbonyl (C=O) groups excluding carboxylic acids is 1. The molecule has 1 aromatic heterocycles. The van der Waals surface area contributed by atoms with Gasteiger partial charge in [0, 0.05) is 19.0 Å². The van der Waals surface area contributed by atoms with E-state index in [1.807, 2.05) is 12.1 Å². The minimum atomic E-state index is -0.536. The number of nitrogens with two attached hydrogens (primary N) is 1. The maximum absolute atomic E-state index is 11.4. The fourth-order valence-corrected chi connectivity index (χ4v) is 2.31. The van der Waals surface area contributed by atoms with Gasteiger partial charge in [0.1, 0.15) is 6.04 Å². The molecule has 72 valence electrons. The summed E-state index contributed by atoms with van der Waals surface area (Å²) in [6, 6.07) is 3.22. The SMILES string of the molecule is CN(C)C(=O)C(N)c1ccc(Br)s1. The fourth-order valence-electron chi connectivity index (χ4n) is 0.895. The number of nitrogens with zero attached hydrogens (tertiary/aromatic N) is 1. The van der Waals surface area contributed by atoms with Crippen molar-refractivity contribution in [3.8, 4) is 0 Å². The van der Waals surface area contributed by atoms with Crippen molar-refractivity contribution in [2.75, 3.05) is 14.1 Å². The molecule has 0 saturated carbocycles. The van der Waals surface area contributed by atoms with E-state index in [0.29, 0.717) is 0 Å². The highest BCUT2D eigenvalue weighted by molar-refractivity contribution is 9.11. The highest BCUT2D eigenvalue weighted by Crippen LogP contribution is 2.26. The largest absolute Gasteiger partial charge is 0.347 e. The smallest absolute Gasteiger partial charge is 0.244 e. The average Bonchev–Trinajstić information content (AvgIpc) is 2.49. The highest BCUT2D eigenvalue weighted by Gasteiger charge is 2.18. The zero-order valence-electron chi connectivity index (χ0n) is 7.45. The number of hydrogen-bond donors (Lipinski definition) is 1. The van der Waals surface area contributed by atoms with Gasteiger partial charge in [-0.3, -0.25) is 4.79 Å². The maximum atomic E-state index is 11.4. The fraction of sp³-hybridized carbons (Fsp3) is 0.375. The molecule has 2 N–H and O–H groups in total. The van der Waals surface area contributed by atoms with Crippen LogP contribution >= 0.6 is 27.3 Å². The third-order valence-corrected chi connectivity index (χ3v) is 3.31. The zero-order chi connectivity index (χ0) is 10.0. The summed E-state index contributed by atoms with van der Waals surface area (Å²) in [6.07, 6.45) is 0. The molecular formula is C8H11BrN2OS. The zero-order valence-corrected chi connectivity index (χ0v) is 9.85. The molecule has 3 nitrogen and oxygen atoms in total. The summed E-state index contributed by atoms with van der Waals surface area (Å²) in [7, 11) is 3.40. The van der Waals surface area contributed by atoms with Crippen molar-refractivity contribution in [3.05, 3.63) is 20.8 Å². The molecule has 0 spiro atoms. The summed E-state index contributed by atoms with van der Waals surface area (Å²) < 4.78 is 0.990. The molecule has 1 heterocycles. The summed E-state index contributed by atoms with van der Waals surface area (Å²) in [6.45, 7) is 0. The summed E-state index contributed by atoms with van der Waals surface area (Å²) in [4.78, 5) is 13.8. The van der Waals surface area contributed by atoms with E-state index in [9.17, 15) is 4.79 Å². The van der Waals surface area contributed by atoms with Gasteiger partial charge >= 0.3 is 0 Å². The lowest BCUT2D eigenvalue weighted by Crippen LogP contribution is -2.32. The van der Waals surface area contributed by atoms with Crippen LogP contribution in [0.4, 0.5) is 0 Å². The van der Waals surface area contributed by atoms with Crippen molar-refractivity contribution in [2.45, 2.75) is 6.04 Å². The Morgan fingerprint density at radius 3 is 2.62 bits per heavy atom. The van der Waals surface area contributed by atoms with Crippen LogP contribution in [0.25, 0.3) is 0 Å². The van der Waals surface area contributed by atoms with Gasteiger partial charge in [0.15, 0.2) is 0 Å². The minimum absolute atomic E-state index is 0.0747. The Kier molecular flexibility index (Phi) is 3.47. The number of hydrogen-bond acceptors (Lipinski definition) is 3. The van der Waals surface area contributed by atoms with Crippen molar-refractivity contribution in [1.82, 2.24) is 4.90 Å². The van der Waals surface area contributed by atoms with Gasteiger partial charge < -0.3 is 10.6 Å². The molecule has 0 saturated heterocycles. The molecule has 1 amide bonds. The Bertz CT molecular complexity index is 311. The third kappa shape index (κ3) is 2.52. The molecule has 0 aliphatic carbocycles. The first-order valence-corrected chi connectivity index (χ1v) is 5.35. The van der Waals surface area contributed by atoms with Crippen molar-refractivity contribution in [1.29, 1.82) is 0 Å². The van der Waals surface area contributed by atoms with Crippen LogP contribution in [0.5, 0.6) is 0 Å². The van der Waals surface area contributed by atoms with Crippen LogP contribution in [0.3, 0.4) is 0 Å². The quantitative estimate of drug-likeness (QED) is 0.880.